The van der Waals surface area contributed by atoms with Crippen molar-refractivity contribution >= 4 is 38.2 Å². The average Bonchev–Trinajstić information content (AvgIpc) is 3.87. The van der Waals surface area contributed by atoms with Gasteiger partial charge in [0.1, 0.15) is 29.5 Å². The number of anilines is 2. The van der Waals surface area contributed by atoms with Gasteiger partial charge in [-0.2, -0.15) is 5.10 Å². The second-order valence-electron chi connectivity index (χ2n) is 14.0. The van der Waals surface area contributed by atoms with Gasteiger partial charge >= 0.3 is 0 Å². The zero-order chi connectivity index (χ0) is 39.6. The standard InChI is InChI=1S/C45H39F2N5O4S/c46-34-26-35(47)28-38(27-34)57(54,55)37-19-21-42-40(30-37)43(49-44(53)39-20-18-36(29-41(39)48)56-25-24-51-22-10-11-23-51)50-52(42)45(31-12-4-1-5-13-31,32-14-6-2-7-15-32)33-16-8-3-9-17-33/h1-9,12-21,26-30H,10-11,22-25,48H2,(H,49,50,53). The Morgan fingerprint density at radius 2 is 1.32 bits per heavy atom. The lowest BCUT2D eigenvalue weighted by molar-refractivity contribution is 0.102. The maximum atomic E-state index is 14.3. The van der Waals surface area contributed by atoms with Crippen LogP contribution in [0.2, 0.25) is 0 Å². The summed E-state index contributed by atoms with van der Waals surface area (Å²) in [4.78, 5) is 15.7. The normalized spacial score (nSPS) is 13.5. The van der Waals surface area contributed by atoms with E-state index in [0.717, 1.165) is 48.5 Å². The van der Waals surface area contributed by atoms with Crippen molar-refractivity contribution in [2.45, 2.75) is 28.2 Å². The van der Waals surface area contributed by atoms with E-state index in [2.05, 4.69) is 10.2 Å². The van der Waals surface area contributed by atoms with Crippen LogP contribution in [0.15, 0.2) is 155 Å². The molecule has 0 unspecified atom stereocenters. The molecule has 0 aliphatic carbocycles. The molecule has 1 aromatic heterocycles. The molecule has 1 aliphatic heterocycles. The SMILES string of the molecule is Nc1cc(OCCN2CCCC2)ccc1C(=O)Nc1nn(C(c2ccccc2)(c2ccccc2)c2ccccc2)c2ccc(S(=O)(=O)c3cc(F)cc(F)c3)cc12. The van der Waals surface area contributed by atoms with Crippen molar-refractivity contribution in [1.82, 2.24) is 14.7 Å². The second-order valence-corrected chi connectivity index (χ2v) is 15.9. The average molecular weight is 784 g/mol. The van der Waals surface area contributed by atoms with E-state index in [4.69, 9.17) is 15.6 Å². The molecule has 8 rings (SSSR count). The van der Waals surface area contributed by atoms with Gasteiger partial charge < -0.3 is 15.8 Å². The van der Waals surface area contributed by atoms with Crippen molar-refractivity contribution in [3.63, 3.8) is 0 Å². The van der Waals surface area contributed by atoms with E-state index in [-0.39, 0.29) is 27.4 Å². The highest BCUT2D eigenvalue weighted by atomic mass is 32.2. The summed E-state index contributed by atoms with van der Waals surface area (Å²) in [6.45, 7) is 3.37. The van der Waals surface area contributed by atoms with E-state index < -0.39 is 37.8 Å². The highest BCUT2D eigenvalue weighted by Gasteiger charge is 2.41. The number of hydrogen-bond donors (Lipinski definition) is 2. The first-order chi connectivity index (χ1) is 27.6. The molecular weight excluding hydrogens is 745 g/mol. The highest BCUT2D eigenvalue weighted by molar-refractivity contribution is 7.91. The lowest BCUT2D eigenvalue weighted by atomic mass is 9.77. The molecule has 3 N–H and O–H groups in total. The van der Waals surface area contributed by atoms with Crippen LogP contribution in [0.5, 0.6) is 5.75 Å². The first-order valence-corrected chi connectivity index (χ1v) is 20.1. The van der Waals surface area contributed by atoms with Crippen molar-refractivity contribution in [1.29, 1.82) is 0 Å². The Labute approximate surface area is 329 Å². The number of nitrogen functional groups attached to an aromatic ring is 1. The predicted octanol–water partition coefficient (Wildman–Crippen LogP) is 8.30. The fraction of sp³-hybridized carbons (Fsp3) is 0.156. The van der Waals surface area contributed by atoms with Crippen LogP contribution in [-0.2, 0) is 15.4 Å². The number of nitrogens with two attached hydrogens (primary N) is 1. The van der Waals surface area contributed by atoms with Crippen molar-refractivity contribution in [3.05, 3.63) is 179 Å². The molecule has 9 nitrogen and oxygen atoms in total. The van der Waals surface area contributed by atoms with Gasteiger partial charge in [0.25, 0.3) is 5.91 Å². The molecule has 1 fully saturated rings. The maximum absolute atomic E-state index is 14.3. The second kappa shape index (κ2) is 15.6. The summed E-state index contributed by atoms with van der Waals surface area (Å²) < 4.78 is 64.3. The smallest absolute Gasteiger partial charge is 0.258 e. The predicted molar refractivity (Wildman–Crippen MR) is 216 cm³/mol. The molecule has 1 amide bonds. The Morgan fingerprint density at radius 1 is 0.737 bits per heavy atom. The number of aromatic nitrogens is 2. The van der Waals surface area contributed by atoms with Gasteiger partial charge in [0, 0.05) is 29.8 Å². The Morgan fingerprint density at radius 3 is 1.88 bits per heavy atom. The van der Waals surface area contributed by atoms with Gasteiger partial charge in [0.05, 0.1) is 20.9 Å². The lowest BCUT2D eigenvalue weighted by Crippen LogP contribution is -2.38. The minimum atomic E-state index is -4.45. The van der Waals surface area contributed by atoms with Crippen molar-refractivity contribution in [2.75, 3.05) is 37.3 Å². The van der Waals surface area contributed by atoms with Crippen LogP contribution < -0.4 is 15.8 Å². The molecule has 1 saturated heterocycles. The molecule has 6 aromatic carbocycles. The largest absolute Gasteiger partial charge is 0.492 e. The third kappa shape index (κ3) is 7.25. The summed E-state index contributed by atoms with van der Waals surface area (Å²) in [5, 5.41) is 8.28. The van der Waals surface area contributed by atoms with Gasteiger partial charge in [0.2, 0.25) is 9.84 Å². The Kier molecular flexibility index (Phi) is 10.3. The molecule has 288 valence electrons. The molecule has 0 spiro atoms. The third-order valence-electron chi connectivity index (χ3n) is 10.4. The number of nitrogens with zero attached hydrogens (tertiary/aromatic N) is 3. The lowest BCUT2D eigenvalue weighted by Gasteiger charge is -2.37. The van der Waals surface area contributed by atoms with E-state index in [0.29, 0.717) is 23.9 Å². The van der Waals surface area contributed by atoms with E-state index in [1.165, 1.54) is 25.0 Å². The van der Waals surface area contributed by atoms with Crippen molar-refractivity contribution in [2.24, 2.45) is 0 Å². The zero-order valence-electron chi connectivity index (χ0n) is 30.8. The topological polar surface area (TPSA) is 120 Å². The number of amides is 1. The molecule has 0 atom stereocenters. The van der Waals surface area contributed by atoms with Gasteiger partial charge in [-0.1, -0.05) is 91.0 Å². The number of nitrogens with one attached hydrogen (secondary N) is 1. The van der Waals surface area contributed by atoms with Crippen LogP contribution in [0.3, 0.4) is 0 Å². The van der Waals surface area contributed by atoms with Crippen LogP contribution in [0.1, 0.15) is 39.9 Å². The first kappa shape index (κ1) is 37.5. The molecular formula is C45H39F2N5O4S. The molecule has 0 bridgehead atoms. The Balaban J connectivity index is 1.28. The quantitative estimate of drug-likeness (QED) is 0.0946. The maximum Gasteiger partial charge on any atom is 0.258 e. The van der Waals surface area contributed by atoms with E-state index in [1.54, 1.807) is 28.9 Å². The zero-order valence-corrected chi connectivity index (χ0v) is 31.6. The van der Waals surface area contributed by atoms with E-state index >= 15 is 0 Å². The number of fused-ring (bicyclic) bond motifs is 1. The number of hydrogen-bond acceptors (Lipinski definition) is 7. The number of carbonyl (C=O) groups excluding carboxylic acids is 1. The third-order valence-corrected chi connectivity index (χ3v) is 12.1. The number of carbonyl (C=O) groups is 1. The number of ether oxygens (including phenoxy) is 1. The van der Waals surface area contributed by atoms with Gasteiger partial charge in [-0.25, -0.2) is 21.9 Å². The summed E-state index contributed by atoms with van der Waals surface area (Å²) in [5.74, 6) is -2.09. The Hall–Kier alpha value is -6.37. The number of halogens is 2. The summed E-state index contributed by atoms with van der Waals surface area (Å²) in [6.07, 6.45) is 2.36. The Bertz CT molecular complexity index is 2550. The van der Waals surface area contributed by atoms with E-state index in [9.17, 15) is 22.0 Å². The summed E-state index contributed by atoms with van der Waals surface area (Å²) >= 11 is 0. The fourth-order valence-corrected chi connectivity index (χ4v) is 8.98. The molecule has 1 aliphatic rings. The molecule has 7 aromatic rings. The van der Waals surface area contributed by atoms with Crippen LogP contribution in [0.4, 0.5) is 20.3 Å². The van der Waals surface area contributed by atoms with Crippen LogP contribution in [0, 0.1) is 11.6 Å². The fourth-order valence-electron chi connectivity index (χ4n) is 7.65. The summed E-state index contributed by atoms with van der Waals surface area (Å²) in [5.41, 5.74) is 8.59. The number of likely N-dealkylation sites (tertiary alicyclic amines) is 1. The molecule has 2 heterocycles. The minimum absolute atomic E-state index is 0.0370. The van der Waals surface area contributed by atoms with Gasteiger partial charge in [-0.3, -0.25) is 9.69 Å². The molecule has 0 radical (unpaired) electrons. The molecule has 0 saturated carbocycles. The van der Waals surface area contributed by atoms with Crippen LogP contribution in [-0.4, -0.2) is 55.2 Å². The molecule has 57 heavy (non-hydrogen) atoms. The van der Waals surface area contributed by atoms with Crippen LogP contribution >= 0.6 is 0 Å². The van der Waals surface area contributed by atoms with Crippen molar-refractivity contribution < 1.29 is 26.7 Å². The number of benzene rings is 6. The number of rotatable bonds is 12. The first-order valence-electron chi connectivity index (χ1n) is 18.6. The van der Waals surface area contributed by atoms with E-state index in [1.807, 2.05) is 91.0 Å². The van der Waals surface area contributed by atoms with Gasteiger partial charge in [-0.15, -0.1) is 0 Å². The molecule has 12 heteroatoms. The van der Waals surface area contributed by atoms with Crippen LogP contribution in [0.25, 0.3) is 10.9 Å². The highest BCUT2D eigenvalue weighted by Crippen LogP contribution is 2.44. The van der Waals surface area contributed by atoms with Gasteiger partial charge in [-0.05, 0) is 85.1 Å². The van der Waals surface area contributed by atoms with Crippen molar-refractivity contribution in [3.8, 4) is 5.75 Å². The number of sulfone groups is 1. The summed E-state index contributed by atoms with van der Waals surface area (Å²) in [7, 11) is -4.45. The minimum Gasteiger partial charge on any atom is -0.492 e. The monoisotopic (exact) mass is 783 g/mol. The van der Waals surface area contributed by atoms with Gasteiger partial charge in [0.15, 0.2) is 5.82 Å². The summed E-state index contributed by atoms with van der Waals surface area (Å²) in [6, 6.07) is 40.5.